The van der Waals surface area contributed by atoms with Crippen molar-refractivity contribution in [3.63, 3.8) is 0 Å². The van der Waals surface area contributed by atoms with Crippen LogP contribution in [0.2, 0.25) is 0 Å². The Morgan fingerprint density at radius 2 is 1.61 bits per heavy atom. The molecule has 1 N–H and O–H groups in total. The van der Waals surface area contributed by atoms with E-state index in [-0.39, 0.29) is 0 Å². The second-order valence-electron chi connectivity index (χ2n) is 6.65. The lowest BCUT2D eigenvalue weighted by molar-refractivity contribution is 0.421. The number of nitrogens with one attached hydrogen (secondary N) is 1. The first-order chi connectivity index (χ1) is 8.30. The molecule has 100 valence electrons. The van der Waals surface area contributed by atoms with Crippen LogP contribution >= 0.6 is 15.9 Å². The normalized spacial score (nSPS) is 22.8. The topological polar surface area (TPSA) is 12.0 Å². The fraction of sp³-hybridized carbons (Fsp3) is 0.625. The van der Waals surface area contributed by atoms with Crippen LogP contribution in [0.1, 0.15) is 33.3 Å². The minimum atomic E-state index is 0.441. The minimum absolute atomic E-state index is 0.441. The second-order valence-corrected chi connectivity index (χ2v) is 7.56. The van der Waals surface area contributed by atoms with E-state index < -0.39 is 0 Å². The zero-order chi connectivity index (χ0) is 13.6. The Balaban J connectivity index is 2.10. The maximum atomic E-state index is 3.53. The standard InChI is InChI=1S/C16H24BrN/c1-15(2)14(16(15,3)4)13(18-5)10-11-6-8-12(17)9-7-11/h6-9,13-14,18H,10H2,1-5H3. The monoisotopic (exact) mass is 309 g/mol. The molecule has 1 unspecified atom stereocenters. The van der Waals surface area contributed by atoms with Crippen molar-refractivity contribution in [1.82, 2.24) is 5.32 Å². The highest BCUT2D eigenvalue weighted by Crippen LogP contribution is 2.69. The number of rotatable bonds is 4. The molecular weight excluding hydrogens is 286 g/mol. The SMILES string of the molecule is CNC(Cc1ccc(Br)cc1)C1C(C)(C)C1(C)C. The van der Waals surface area contributed by atoms with Crippen molar-refractivity contribution in [2.24, 2.45) is 16.7 Å². The molecule has 0 saturated heterocycles. The molecule has 0 bridgehead atoms. The Hall–Kier alpha value is -0.340. The van der Waals surface area contributed by atoms with Gasteiger partial charge < -0.3 is 5.32 Å². The Kier molecular flexibility index (Phi) is 3.63. The van der Waals surface area contributed by atoms with Crippen molar-refractivity contribution < 1.29 is 0 Å². The first kappa shape index (κ1) is 14.1. The zero-order valence-corrected chi connectivity index (χ0v) is 13.6. The van der Waals surface area contributed by atoms with Crippen molar-refractivity contribution in [2.75, 3.05) is 7.05 Å². The highest BCUT2D eigenvalue weighted by atomic mass is 79.9. The maximum absolute atomic E-state index is 3.53. The molecule has 1 aromatic rings. The molecule has 0 radical (unpaired) electrons. The van der Waals surface area contributed by atoms with Gasteiger partial charge in [-0.15, -0.1) is 0 Å². The van der Waals surface area contributed by atoms with Gasteiger partial charge in [-0.3, -0.25) is 0 Å². The summed E-state index contributed by atoms with van der Waals surface area (Å²) < 4.78 is 1.15. The van der Waals surface area contributed by atoms with Crippen LogP contribution in [0.3, 0.4) is 0 Å². The number of likely N-dealkylation sites (N-methyl/N-ethyl adjacent to an activating group) is 1. The summed E-state index contributed by atoms with van der Waals surface area (Å²) in [6, 6.07) is 9.26. The van der Waals surface area contributed by atoms with Crippen LogP contribution in [0.5, 0.6) is 0 Å². The molecule has 1 aliphatic rings. The lowest BCUT2D eigenvalue weighted by atomic mass is 9.97. The van der Waals surface area contributed by atoms with E-state index in [1.54, 1.807) is 0 Å². The van der Waals surface area contributed by atoms with Gasteiger partial charge in [0.05, 0.1) is 0 Å². The van der Waals surface area contributed by atoms with Crippen LogP contribution in [0.25, 0.3) is 0 Å². The molecule has 0 aromatic heterocycles. The van der Waals surface area contributed by atoms with E-state index in [2.05, 4.69) is 80.3 Å². The van der Waals surface area contributed by atoms with Gasteiger partial charge in [0.2, 0.25) is 0 Å². The van der Waals surface area contributed by atoms with Crippen molar-refractivity contribution in [1.29, 1.82) is 0 Å². The van der Waals surface area contributed by atoms with E-state index in [1.165, 1.54) is 5.56 Å². The van der Waals surface area contributed by atoms with Crippen LogP contribution in [0.15, 0.2) is 28.7 Å². The van der Waals surface area contributed by atoms with Crippen LogP contribution in [-0.2, 0) is 6.42 Å². The summed E-state index contributed by atoms with van der Waals surface area (Å²) in [6.45, 7) is 9.57. The van der Waals surface area contributed by atoms with E-state index in [1.807, 2.05) is 0 Å². The summed E-state index contributed by atoms with van der Waals surface area (Å²) in [7, 11) is 2.09. The molecule has 0 aliphatic heterocycles. The Bertz CT molecular complexity index is 405. The highest BCUT2D eigenvalue weighted by Gasteiger charge is 2.66. The molecule has 0 amide bonds. The summed E-state index contributed by atoms with van der Waals surface area (Å²) in [6.07, 6.45) is 1.11. The largest absolute Gasteiger partial charge is 0.316 e. The zero-order valence-electron chi connectivity index (χ0n) is 12.0. The highest BCUT2D eigenvalue weighted by molar-refractivity contribution is 9.10. The lowest BCUT2D eigenvalue weighted by Gasteiger charge is -2.18. The predicted octanol–water partition coefficient (Wildman–Crippen LogP) is 4.26. The smallest absolute Gasteiger partial charge is 0.0175 e. The number of benzene rings is 1. The van der Waals surface area contributed by atoms with Gasteiger partial charge in [0.15, 0.2) is 0 Å². The van der Waals surface area contributed by atoms with Gasteiger partial charge in [-0.1, -0.05) is 55.8 Å². The quantitative estimate of drug-likeness (QED) is 0.876. The number of hydrogen-bond donors (Lipinski definition) is 1. The van der Waals surface area contributed by atoms with E-state index >= 15 is 0 Å². The fourth-order valence-electron chi connectivity index (χ4n) is 3.51. The fourth-order valence-corrected chi connectivity index (χ4v) is 3.78. The van der Waals surface area contributed by atoms with Crippen LogP contribution in [0, 0.1) is 16.7 Å². The van der Waals surface area contributed by atoms with Crippen LogP contribution < -0.4 is 5.32 Å². The van der Waals surface area contributed by atoms with Gasteiger partial charge in [0.25, 0.3) is 0 Å². The van der Waals surface area contributed by atoms with Gasteiger partial charge in [-0.25, -0.2) is 0 Å². The lowest BCUT2D eigenvalue weighted by Crippen LogP contribution is -2.32. The molecule has 0 spiro atoms. The van der Waals surface area contributed by atoms with Gasteiger partial charge in [0, 0.05) is 10.5 Å². The molecule has 1 nitrogen and oxygen atoms in total. The maximum Gasteiger partial charge on any atom is 0.0175 e. The molecule has 1 atom stereocenters. The first-order valence-electron chi connectivity index (χ1n) is 6.72. The Morgan fingerprint density at radius 3 is 2.00 bits per heavy atom. The van der Waals surface area contributed by atoms with Crippen molar-refractivity contribution in [2.45, 2.75) is 40.2 Å². The molecule has 2 heteroatoms. The average molecular weight is 310 g/mol. The molecule has 1 fully saturated rings. The van der Waals surface area contributed by atoms with Gasteiger partial charge in [-0.2, -0.15) is 0 Å². The summed E-state index contributed by atoms with van der Waals surface area (Å²) >= 11 is 3.49. The third kappa shape index (κ3) is 2.25. The molecule has 1 aliphatic carbocycles. The van der Waals surface area contributed by atoms with E-state index in [0.29, 0.717) is 16.9 Å². The van der Waals surface area contributed by atoms with Crippen molar-refractivity contribution in [3.8, 4) is 0 Å². The molecule has 2 rings (SSSR count). The molecule has 1 aromatic carbocycles. The van der Waals surface area contributed by atoms with Gasteiger partial charge >= 0.3 is 0 Å². The second kappa shape index (κ2) is 4.64. The predicted molar refractivity (Wildman–Crippen MR) is 81.7 cm³/mol. The van der Waals surface area contributed by atoms with E-state index in [0.717, 1.165) is 16.8 Å². The number of halogens is 1. The van der Waals surface area contributed by atoms with Gasteiger partial charge in [0.1, 0.15) is 0 Å². The van der Waals surface area contributed by atoms with E-state index in [4.69, 9.17) is 0 Å². The van der Waals surface area contributed by atoms with E-state index in [9.17, 15) is 0 Å². The van der Waals surface area contributed by atoms with Crippen LogP contribution in [0.4, 0.5) is 0 Å². The summed E-state index contributed by atoms with van der Waals surface area (Å²) in [5.41, 5.74) is 2.29. The molecule has 1 saturated carbocycles. The average Bonchev–Trinajstić information content (AvgIpc) is 2.70. The number of hydrogen-bond acceptors (Lipinski definition) is 1. The third-order valence-corrected chi connectivity index (χ3v) is 5.80. The first-order valence-corrected chi connectivity index (χ1v) is 7.51. The van der Waals surface area contributed by atoms with Crippen molar-refractivity contribution >= 4 is 15.9 Å². The summed E-state index contributed by atoms with van der Waals surface area (Å²) in [5.74, 6) is 0.749. The van der Waals surface area contributed by atoms with Crippen molar-refractivity contribution in [3.05, 3.63) is 34.3 Å². The third-order valence-electron chi connectivity index (χ3n) is 5.27. The summed E-state index contributed by atoms with van der Waals surface area (Å²) in [4.78, 5) is 0. The minimum Gasteiger partial charge on any atom is -0.316 e. The molecule has 0 heterocycles. The summed E-state index contributed by atoms with van der Waals surface area (Å²) in [5, 5.41) is 3.53. The van der Waals surface area contributed by atoms with Gasteiger partial charge in [-0.05, 0) is 47.9 Å². The van der Waals surface area contributed by atoms with Crippen LogP contribution in [-0.4, -0.2) is 13.1 Å². The Morgan fingerprint density at radius 1 is 1.11 bits per heavy atom. The molecule has 18 heavy (non-hydrogen) atoms. The Labute approximate surface area is 119 Å². The molecular formula is C16H24BrN.